The number of methoxy groups -OCH3 is 1. The Hall–Kier alpha value is -2.03. The van der Waals surface area contributed by atoms with E-state index in [0.717, 1.165) is 5.56 Å². The lowest BCUT2D eigenvalue weighted by Crippen LogP contribution is -2.55. The second-order valence-corrected chi connectivity index (χ2v) is 6.29. The SMILES string of the molecule is COc1cc(CNC(=O)[C@H]2NCCO[C@@H]2C)ccc1OCC(=O)N(C)C.Cl. The third kappa shape index (κ3) is 6.57. The molecule has 1 saturated heterocycles. The molecule has 27 heavy (non-hydrogen) atoms. The van der Waals surface area contributed by atoms with E-state index in [1.807, 2.05) is 13.0 Å². The Morgan fingerprint density at radius 3 is 2.70 bits per heavy atom. The number of nitrogens with one attached hydrogen (secondary N) is 2. The van der Waals surface area contributed by atoms with E-state index in [1.165, 1.54) is 12.0 Å². The largest absolute Gasteiger partial charge is 0.493 e. The highest BCUT2D eigenvalue weighted by Gasteiger charge is 2.27. The molecule has 2 amide bonds. The van der Waals surface area contributed by atoms with E-state index in [-0.39, 0.29) is 43.0 Å². The first kappa shape index (κ1) is 23.0. The van der Waals surface area contributed by atoms with Gasteiger partial charge in [0.15, 0.2) is 18.1 Å². The van der Waals surface area contributed by atoms with E-state index < -0.39 is 0 Å². The second-order valence-electron chi connectivity index (χ2n) is 6.29. The minimum Gasteiger partial charge on any atom is -0.493 e. The zero-order valence-electron chi connectivity index (χ0n) is 16.1. The number of carbonyl (C=O) groups is 2. The number of rotatable bonds is 7. The molecule has 0 aromatic heterocycles. The van der Waals surface area contributed by atoms with Crippen molar-refractivity contribution < 1.29 is 23.8 Å². The average Bonchev–Trinajstić information content (AvgIpc) is 2.64. The van der Waals surface area contributed by atoms with E-state index in [0.29, 0.717) is 31.2 Å². The fourth-order valence-electron chi connectivity index (χ4n) is 2.54. The Balaban J connectivity index is 0.00000364. The Bertz CT molecular complexity index is 641. The number of benzene rings is 1. The highest BCUT2D eigenvalue weighted by Crippen LogP contribution is 2.28. The fraction of sp³-hybridized carbons (Fsp3) is 0.556. The molecule has 1 heterocycles. The third-order valence-corrected chi connectivity index (χ3v) is 4.14. The molecule has 2 atom stereocenters. The molecule has 0 spiro atoms. The van der Waals surface area contributed by atoms with E-state index >= 15 is 0 Å². The van der Waals surface area contributed by atoms with Crippen LogP contribution < -0.4 is 20.1 Å². The predicted octanol–water partition coefficient (Wildman–Crippen LogP) is 0.577. The fourth-order valence-corrected chi connectivity index (χ4v) is 2.54. The minimum atomic E-state index is -0.356. The van der Waals surface area contributed by atoms with Crippen molar-refractivity contribution in [3.05, 3.63) is 23.8 Å². The van der Waals surface area contributed by atoms with Crippen molar-refractivity contribution in [1.82, 2.24) is 15.5 Å². The molecule has 0 saturated carbocycles. The van der Waals surface area contributed by atoms with Crippen molar-refractivity contribution in [2.24, 2.45) is 0 Å². The highest BCUT2D eigenvalue weighted by atomic mass is 35.5. The van der Waals surface area contributed by atoms with Gasteiger partial charge in [0, 0.05) is 27.2 Å². The van der Waals surface area contributed by atoms with Gasteiger partial charge >= 0.3 is 0 Å². The summed E-state index contributed by atoms with van der Waals surface area (Å²) in [5, 5.41) is 6.05. The molecule has 0 bridgehead atoms. The summed E-state index contributed by atoms with van der Waals surface area (Å²) < 4.78 is 16.3. The number of carbonyl (C=O) groups excluding carboxylic acids is 2. The van der Waals surface area contributed by atoms with Crippen LogP contribution in [0.3, 0.4) is 0 Å². The maximum Gasteiger partial charge on any atom is 0.259 e. The molecule has 1 fully saturated rings. The third-order valence-electron chi connectivity index (χ3n) is 4.14. The molecule has 0 aliphatic carbocycles. The Kier molecular flexibility index (Phi) is 9.34. The van der Waals surface area contributed by atoms with Crippen LogP contribution in [0.2, 0.25) is 0 Å². The van der Waals surface area contributed by atoms with Gasteiger partial charge in [0.1, 0.15) is 6.04 Å². The summed E-state index contributed by atoms with van der Waals surface area (Å²) in [6, 6.07) is 4.98. The maximum atomic E-state index is 12.3. The Labute approximate surface area is 165 Å². The molecule has 152 valence electrons. The maximum absolute atomic E-state index is 12.3. The zero-order valence-corrected chi connectivity index (χ0v) is 16.9. The molecule has 1 aromatic carbocycles. The molecule has 0 radical (unpaired) electrons. The highest BCUT2D eigenvalue weighted by molar-refractivity contribution is 5.85. The predicted molar refractivity (Wildman–Crippen MR) is 103 cm³/mol. The number of likely N-dealkylation sites (N-methyl/N-ethyl adjacent to an activating group) is 1. The first-order chi connectivity index (χ1) is 12.4. The van der Waals surface area contributed by atoms with Crippen LogP contribution in [0.4, 0.5) is 0 Å². The zero-order chi connectivity index (χ0) is 19.1. The van der Waals surface area contributed by atoms with Gasteiger partial charge in [-0.1, -0.05) is 6.07 Å². The number of ether oxygens (including phenoxy) is 3. The van der Waals surface area contributed by atoms with E-state index in [9.17, 15) is 9.59 Å². The summed E-state index contributed by atoms with van der Waals surface area (Å²) in [7, 11) is 4.87. The lowest BCUT2D eigenvalue weighted by Gasteiger charge is -2.29. The van der Waals surface area contributed by atoms with Crippen LogP contribution in [0, 0.1) is 0 Å². The van der Waals surface area contributed by atoms with Gasteiger partial charge in [-0.25, -0.2) is 0 Å². The van der Waals surface area contributed by atoms with Crippen molar-refractivity contribution in [2.45, 2.75) is 25.6 Å². The number of hydrogen-bond donors (Lipinski definition) is 2. The molecule has 9 heteroatoms. The molecule has 0 unspecified atom stereocenters. The quantitative estimate of drug-likeness (QED) is 0.694. The monoisotopic (exact) mass is 401 g/mol. The van der Waals surface area contributed by atoms with E-state index in [1.54, 1.807) is 26.2 Å². The van der Waals surface area contributed by atoms with Gasteiger partial charge in [-0.15, -0.1) is 12.4 Å². The lowest BCUT2D eigenvalue weighted by atomic mass is 10.1. The minimum absolute atomic E-state index is 0. The van der Waals surface area contributed by atoms with Gasteiger partial charge in [-0.3, -0.25) is 9.59 Å². The lowest BCUT2D eigenvalue weighted by molar-refractivity contribution is -0.131. The van der Waals surface area contributed by atoms with E-state index in [2.05, 4.69) is 10.6 Å². The van der Waals surface area contributed by atoms with Gasteiger partial charge in [0.2, 0.25) is 5.91 Å². The molecule has 2 rings (SSSR count). The van der Waals surface area contributed by atoms with Crippen LogP contribution in [0.25, 0.3) is 0 Å². The van der Waals surface area contributed by atoms with Crippen LogP contribution >= 0.6 is 12.4 Å². The van der Waals surface area contributed by atoms with Crippen LogP contribution in [-0.2, 0) is 20.9 Å². The summed E-state index contributed by atoms with van der Waals surface area (Å²) >= 11 is 0. The molecular formula is C18H28ClN3O5. The summed E-state index contributed by atoms with van der Waals surface area (Å²) in [5.41, 5.74) is 0.867. The molecule has 8 nitrogen and oxygen atoms in total. The van der Waals surface area contributed by atoms with Crippen molar-refractivity contribution >= 4 is 24.2 Å². The number of morpholine rings is 1. The standard InChI is InChI=1S/C18H27N3O5.ClH/c1-12-17(19-7-8-25-12)18(23)20-10-13-5-6-14(15(9-13)24-4)26-11-16(22)21(2)3;/h5-6,9,12,17,19H,7-8,10-11H2,1-4H3,(H,20,23);1H/t12-,17+;/m1./s1. The normalized spacial score (nSPS) is 18.8. The topological polar surface area (TPSA) is 89.1 Å². The van der Waals surface area contributed by atoms with Gasteiger partial charge in [-0.05, 0) is 24.6 Å². The van der Waals surface area contributed by atoms with Crippen molar-refractivity contribution in [3.63, 3.8) is 0 Å². The molecule has 2 N–H and O–H groups in total. The second kappa shape index (κ2) is 11.0. The van der Waals surface area contributed by atoms with Crippen molar-refractivity contribution in [2.75, 3.05) is 41.0 Å². The summed E-state index contributed by atoms with van der Waals surface area (Å²) in [5.74, 6) is 0.748. The van der Waals surface area contributed by atoms with Crippen LogP contribution in [0.1, 0.15) is 12.5 Å². The van der Waals surface area contributed by atoms with Gasteiger partial charge in [0.05, 0.1) is 19.8 Å². The number of hydrogen-bond acceptors (Lipinski definition) is 6. The average molecular weight is 402 g/mol. The summed E-state index contributed by atoms with van der Waals surface area (Å²) in [4.78, 5) is 25.4. The summed E-state index contributed by atoms with van der Waals surface area (Å²) in [6.45, 7) is 3.44. The van der Waals surface area contributed by atoms with Crippen LogP contribution in [0.5, 0.6) is 11.5 Å². The Morgan fingerprint density at radius 2 is 2.07 bits per heavy atom. The molecule has 1 aromatic rings. The van der Waals surface area contributed by atoms with Crippen LogP contribution in [-0.4, -0.2) is 69.8 Å². The van der Waals surface area contributed by atoms with Gasteiger partial charge in [0.25, 0.3) is 5.91 Å². The first-order valence-corrected chi connectivity index (χ1v) is 8.55. The van der Waals surface area contributed by atoms with Gasteiger partial charge < -0.3 is 29.7 Å². The van der Waals surface area contributed by atoms with Crippen molar-refractivity contribution in [3.8, 4) is 11.5 Å². The summed E-state index contributed by atoms with van der Waals surface area (Å²) in [6.07, 6.45) is -0.164. The van der Waals surface area contributed by atoms with Crippen LogP contribution in [0.15, 0.2) is 18.2 Å². The molecular weight excluding hydrogens is 374 g/mol. The molecule has 1 aliphatic rings. The number of halogens is 1. The van der Waals surface area contributed by atoms with Gasteiger partial charge in [-0.2, -0.15) is 0 Å². The smallest absolute Gasteiger partial charge is 0.259 e. The van der Waals surface area contributed by atoms with Crippen molar-refractivity contribution in [1.29, 1.82) is 0 Å². The number of nitrogens with zero attached hydrogens (tertiary/aromatic N) is 1. The van der Waals surface area contributed by atoms with E-state index in [4.69, 9.17) is 14.2 Å². The first-order valence-electron chi connectivity index (χ1n) is 8.55. The Morgan fingerprint density at radius 1 is 1.33 bits per heavy atom. The molecule has 1 aliphatic heterocycles. The number of amides is 2.